The molecule has 100 valence electrons. The summed E-state index contributed by atoms with van der Waals surface area (Å²) in [4.78, 5) is 11.7. The predicted molar refractivity (Wildman–Crippen MR) is 64.9 cm³/mol. The van der Waals surface area contributed by atoms with E-state index in [1.54, 1.807) is 6.07 Å². The molecule has 0 unspecified atom stereocenters. The number of hydrogen-bond acceptors (Lipinski definition) is 6. The van der Waals surface area contributed by atoms with E-state index in [0.29, 0.717) is 17.1 Å². The SMILES string of the molecule is COC(=O)c1cc(OC)c(OC)cc1[C@H](N)CO. The minimum atomic E-state index is -0.695. The Morgan fingerprint density at radius 1 is 1.28 bits per heavy atom. The number of aliphatic hydroxyl groups is 1. The molecule has 0 bridgehead atoms. The normalized spacial score (nSPS) is 11.8. The van der Waals surface area contributed by atoms with Gasteiger partial charge < -0.3 is 25.1 Å². The third kappa shape index (κ3) is 2.72. The molecule has 0 aliphatic carbocycles. The molecule has 0 fully saturated rings. The highest BCUT2D eigenvalue weighted by atomic mass is 16.5. The molecule has 1 aromatic carbocycles. The Hall–Kier alpha value is -1.79. The molecule has 0 aliphatic heterocycles. The van der Waals surface area contributed by atoms with Crippen LogP contribution in [0.1, 0.15) is 22.0 Å². The molecule has 6 nitrogen and oxygen atoms in total. The van der Waals surface area contributed by atoms with Crippen molar-refractivity contribution in [1.82, 2.24) is 0 Å². The van der Waals surface area contributed by atoms with E-state index in [-0.39, 0.29) is 12.2 Å². The third-order valence-electron chi connectivity index (χ3n) is 2.56. The molecule has 1 aromatic rings. The van der Waals surface area contributed by atoms with Crippen LogP contribution in [0.3, 0.4) is 0 Å². The van der Waals surface area contributed by atoms with Gasteiger partial charge in [-0.3, -0.25) is 0 Å². The minimum Gasteiger partial charge on any atom is -0.493 e. The number of carbonyl (C=O) groups is 1. The molecule has 0 radical (unpaired) electrons. The second-order valence-electron chi connectivity index (χ2n) is 3.58. The van der Waals surface area contributed by atoms with Gasteiger partial charge in [-0.2, -0.15) is 0 Å². The first kappa shape index (κ1) is 14.3. The van der Waals surface area contributed by atoms with E-state index >= 15 is 0 Å². The number of rotatable bonds is 5. The maximum atomic E-state index is 11.7. The van der Waals surface area contributed by atoms with E-state index in [1.165, 1.54) is 27.4 Å². The first-order valence-electron chi connectivity index (χ1n) is 5.29. The summed E-state index contributed by atoms with van der Waals surface area (Å²) in [5.41, 5.74) is 6.44. The van der Waals surface area contributed by atoms with Crippen molar-refractivity contribution < 1.29 is 24.1 Å². The largest absolute Gasteiger partial charge is 0.493 e. The first-order chi connectivity index (χ1) is 8.58. The van der Waals surface area contributed by atoms with E-state index in [0.717, 1.165) is 0 Å². The van der Waals surface area contributed by atoms with Crippen molar-refractivity contribution in [3.8, 4) is 11.5 Å². The molecule has 0 amide bonds. The summed E-state index contributed by atoms with van der Waals surface area (Å²) in [5, 5.41) is 9.11. The number of hydrogen-bond donors (Lipinski definition) is 2. The zero-order valence-electron chi connectivity index (χ0n) is 10.6. The van der Waals surface area contributed by atoms with Crippen LogP contribution in [0.4, 0.5) is 0 Å². The summed E-state index contributed by atoms with van der Waals surface area (Å²) in [7, 11) is 4.21. The zero-order valence-corrected chi connectivity index (χ0v) is 10.6. The van der Waals surface area contributed by atoms with Crippen LogP contribution < -0.4 is 15.2 Å². The van der Waals surface area contributed by atoms with Gasteiger partial charge in [0.05, 0.1) is 39.5 Å². The summed E-state index contributed by atoms with van der Waals surface area (Å²) in [6.07, 6.45) is 0. The summed E-state index contributed by atoms with van der Waals surface area (Å²) >= 11 is 0. The number of methoxy groups -OCH3 is 3. The van der Waals surface area contributed by atoms with Gasteiger partial charge in [0, 0.05) is 0 Å². The second kappa shape index (κ2) is 6.23. The predicted octanol–water partition coefficient (Wildman–Crippen LogP) is 0.483. The molecule has 18 heavy (non-hydrogen) atoms. The Morgan fingerprint density at radius 2 is 1.83 bits per heavy atom. The Balaban J connectivity index is 3.40. The smallest absolute Gasteiger partial charge is 0.338 e. The van der Waals surface area contributed by atoms with Crippen LogP contribution in [0.25, 0.3) is 0 Å². The van der Waals surface area contributed by atoms with Crippen molar-refractivity contribution in [2.45, 2.75) is 6.04 Å². The van der Waals surface area contributed by atoms with Crippen molar-refractivity contribution >= 4 is 5.97 Å². The van der Waals surface area contributed by atoms with Crippen LogP contribution in [-0.4, -0.2) is 39.0 Å². The number of aliphatic hydroxyl groups excluding tert-OH is 1. The topological polar surface area (TPSA) is 91.0 Å². The van der Waals surface area contributed by atoms with Gasteiger partial charge in [0.1, 0.15) is 0 Å². The quantitative estimate of drug-likeness (QED) is 0.744. The van der Waals surface area contributed by atoms with Crippen molar-refractivity contribution in [1.29, 1.82) is 0 Å². The molecule has 0 heterocycles. The summed E-state index contributed by atoms with van der Waals surface area (Å²) in [5.74, 6) is 0.283. The lowest BCUT2D eigenvalue weighted by Gasteiger charge is -2.16. The highest BCUT2D eigenvalue weighted by Gasteiger charge is 2.20. The zero-order chi connectivity index (χ0) is 13.7. The molecule has 3 N–H and O–H groups in total. The standard InChI is InChI=1S/C12H17NO5/c1-16-10-4-7(9(13)6-14)8(12(15)18-3)5-11(10)17-2/h4-5,9,14H,6,13H2,1-3H3/t9-/m1/s1. The van der Waals surface area contributed by atoms with Crippen LogP contribution in [0.2, 0.25) is 0 Å². The van der Waals surface area contributed by atoms with E-state index in [9.17, 15) is 4.79 Å². The summed E-state index contributed by atoms with van der Waals surface area (Å²) in [6, 6.07) is 2.35. The first-order valence-corrected chi connectivity index (χ1v) is 5.29. The summed E-state index contributed by atoms with van der Waals surface area (Å²) < 4.78 is 14.9. The molecular formula is C12H17NO5. The van der Waals surface area contributed by atoms with Crippen molar-refractivity contribution in [2.24, 2.45) is 5.73 Å². The van der Waals surface area contributed by atoms with Gasteiger partial charge >= 0.3 is 5.97 Å². The van der Waals surface area contributed by atoms with Crippen LogP contribution in [0.5, 0.6) is 11.5 Å². The monoisotopic (exact) mass is 255 g/mol. The maximum Gasteiger partial charge on any atom is 0.338 e. The number of carbonyl (C=O) groups excluding carboxylic acids is 1. The van der Waals surface area contributed by atoms with E-state index in [1.807, 2.05) is 0 Å². The third-order valence-corrected chi connectivity index (χ3v) is 2.56. The van der Waals surface area contributed by atoms with Gasteiger partial charge in [-0.25, -0.2) is 4.79 Å². The van der Waals surface area contributed by atoms with Crippen molar-refractivity contribution in [2.75, 3.05) is 27.9 Å². The fourth-order valence-electron chi connectivity index (χ4n) is 1.59. The van der Waals surface area contributed by atoms with Crippen LogP contribution >= 0.6 is 0 Å². The average Bonchev–Trinajstić information content (AvgIpc) is 2.43. The molecular weight excluding hydrogens is 238 g/mol. The lowest BCUT2D eigenvalue weighted by molar-refractivity contribution is 0.0598. The van der Waals surface area contributed by atoms with Gasteiger partial charge in [-0.1, -0.05) is 0 Å². The summed E-state index contributed by atoms with van der Waals surface area (Å²) in [6.45, 7) is -0.292. The van der Waals surface area contributed by atoms with Crippen molar-refractivity contribution in [3.05, 3.63) is 23.3 Å². The molecule has 0 saturated heterocycles. The van der Waals surface area contributed by atoms with Gasteiger partial charge in [0.15, 0.2) is 11.5 Å². The molecule has 6 heteroatoms. The van der Waals surface area contributed by atoms with E-state index in [4.69, 9.17) is 20.3 Å². The molecule has 0 saturated carbocycles. The minimum absolute atomic E-state index is 0.247. The maximum absolute atomic E-state index is 11.7. The molecule has 0 spiro atoms. The van der Waals surface area contributed by atoms with E-state index in [2.05, 4.69) is 4.74 Å². The molecule has 0 aromatic heterocycles. The number of ether oxygens (including phenoxy) is 3. The fourth-order valence-corrected chi connectivity index (χ4v) is 1.59. The van der Waals surface area contributed by atoms with Crippen molar-refractivity contribution in [3.63, 3.8) is 0 Å². The highest BCUT2D eigenvalue weighted by Crippen LogP contribution is 2.33. The lowest BCUT2D eigenvalue weighted by atomic mass is 10.00. The Morgan fingerprint density at radius 3 is 2.28 bits per heavy atom. The van der Waals surface area contributed by atoms with Crippen LogP contribution in [0.15, 0.2) is 12.1 Å². The molecule has 1 atom stereocenters. The fraction of sp³-hybridized carbons (Fsp3) is 0.417. The Bertz CT molecular complexity index is 433. The van der Waals surface area contributed by atoms with Gasteiger partial charge in [0.25, 0.3) is 0 Å². The highest BCUT2D eigenvalue weighted by molar-refractivity contribution is 5.92. The van der Waals surface area contributed by atoms with E-state index < -0.39 is 12.0 Å². The second-order valence-corrected chi connectivity index (χ2v) is 3.58. The molecule has 0 aliphatic rings. The Labute approximate surface area is 105 Å². The van der Waals surface area contributed by atoms with Crippen LogP contribution in [0, 0.1) is 0 Å². The lowest BCUT2D eigenvalue weighted by Crippen LogP contribution is -2.19. The number of esters is 1. The van der Waals surface area contributed by atoms with Gasteiger partial charge in [0.2, 0.25) is 0 Å². The van der Waals surface area contributed by atoms with Gasteiger partial charge in [-0.05, 0) is 17.7 Å². The number of nitrogens with two attached hydrogens (primary N) is 1. The number of benzene rings is 1. The Kier molecular flexibility index (Phi) is 4.94. The van der Waals surface area contributed by atoms with Gasteiger partial charge in [-0.15, -0.1) is 0 Å². The van der Waals surface area contributed by atoms with Crippen LogP contribution in [-0.2, 0) is 4.74 Å². The average molecular weight is 255 g/mol. The molecule has 1 rings (SSSR count).